The number of carbonyl (C=O) groups is 1. The molecule has 2 saturated heterocycles. The lowest BCUT2D eigenvalue weighted by Gasteiger charge is -2.30. The average molecular weight is 380 g/mol. The van der Waals surface area contributed by atoms with Gasteiger partial charge < -0.3 is 4.90 Å². The molecule has 1 atom stereocenters. The molecular weight excluding hydrogens is 350 g/mol. The van der Waals surface area contributed by atoms with Gasteiger partial charge in [-0.05, 0) is 62.5 Å². The maximum Gasteiger partial charge on any atom is 0.240 e. The zero-order valence-electron chi connectivity index (χ0n) is 15.6. The van der Waals surface area contributed by atoms with E-state index >= 15 is 0 Å². The highest BCUT2D eigenvalue weighted by Gasteiger charge is 2.27. The fourth-order valence-corrected chi connectivity index (χ4v) is 4.92. The molecule has 144 valence electrons. The van der Waals surface area contributed by atoms with E-state index < -0.39 is 10.0 Å². The van der Waals surface area contributed by atoms with E-state index in [1.165, 1.54) is 12.8 Å². The second-order valence-corrected chi connectivity index (χ2v) is 9.32. The van der Waals surface area contributed by atoms with E-state index in [1.54, 1.807) is 29.2 Å². The summed E-state index contributed by atoms with van der Waals surface area (Å²) < 4.78 is 28.1. The van der Waals surface area contributed by atoms with Crippen LogP contribution in [0.1, 0.15) is 39.5 Å². The van der Waals surface area contributed by atoms with Gasteiger partial charge in [-0.1, -0.05) is 13.8 Å². The minimum Gasteiger partial charge on any atom is -0.312 e. The van der Waals surface area contributed by atoms with Crippen molar-refractivity contribution in [3.05, 3.63) is 24.3 Å². The summed E-state index contributed by atoms with van der Waals surface area (Å²) in [5.74, 6) is 0.489. The van der Waals surface area contributed by atoms with Crippen LogP contribution in [0.4, 0.5) is 5.69 Å². The quantitative estimate of drug-likeness (QED) is 0.789. The Hall–Kier alpha value is -1.44. The summed E-state index contributed by atoms with van der Waals surface area (Å²) in [5, 5.41) is 0. The average Bonchev–Trinajstić information content (AvgIpc) is 3.27. The standard InChI is InChI=1S/C19H29N3O3S/c1-15(2)18(21-11-3-4-12-21)14-20-26(24,25)17-9-7-16(8-10-17)22-13-5-6-19(22)23/h7-10,15,18,20H,3-6,11-14H2,1-2H3. The first-order chi connectivity index (χ1) is 12.4. The minimum atomic E-state index is -3.55. The number of nitrogens with zero attached hydrogens (tertiary/aromatic N) is 2. The summed E-state index contributed by atoms with van der Waals surface area (Å²) >= 11 is 0. The highest BCUT2D eigenvalue weighted by atomic mass is 32.2. The Morgan fingerprint density at radius 1 is 1.04 bits per heavy atom. The second kappa shape index (κ2) is 8.06. The third kappa shape index (κ3) is 4.27. The van der Waals surface area contributed by atoms with Gasteiger partial charge in [-0.15, -0.1) is 0 Å². The van der Waals surface area contributed by atoms with Gasteiger partial charge in [0.25, 0.3) is 0 Å². The lowest BCUT2D eigenvalue weighted by molar-refractivity contribution is -0.117. The smallest absolute Gasteiger partial charge is 0.240 e. The Morgan fingerprint density at radius 3 is 2.23 bits per heavy atom. The van der Waals surface area contributed by atoms with Crippen molar-refractivity contribution in [1.29, 1.82) is 0 Å². The molecule has 0 aliphatic carbocycles. The minimum absolute atomic E-state index is 0.101. The summed E-state index contributed by atoms with van der Waals surface area (Å²) in [7, 11) is -3.55. The molecule has 0 aromatic heterocycles. The third-order valence-corrected chi connectivity index (χ3v) is 6.83. The number of nitrogens with one attached hydrogen (secondary N) is 1. The van der Waals surface area contributed by atoms with E-state index in [2.05, 4.69) is 23.5 Å². The van der Waals surface area contributed by atoms with Crippen LogP contribution >= 0.6 is 0 Å². The fraction of sp³-hybridized carbons (Fsp3) is 0.632. The molecule has 7 heteroatoms. The number of sulfonamides is 1. The van der Waals surface area contributed by atoms with Gasteiger partial charge in [0.05, 0.1) is 4.90 Å². The number of amides is 1. The lowest BCUT2D eigenvalue weighted by Crippen LogP contribution is -2.45. The van der Waals surface area contributed by atoms with Crippen LogP contribution in [-0.4, -0.2) is 51.4 Å². The van der Waals surface area contributed by atoms with Crippen molar-refractivity contribution >= 4 is 21.6 Å². The number of likely N-dealkylation sites (tertiary alicyclic amines) is 1. The molecule has 1 unspecified atom stereocenters. The van der Waals surface area contributed by atoms with Crippen LogP contribution < -0.4 is 9.62 Å². The number of carbonyl (C=O) groups excluding carboxylic acids is 1. The number of hydrogen-bond acceptors (Lipinski definition) is 4. The van der Waals surface area contributed by atoms with Crippen LogP contribution in [-0.2, 0) is 14.8 Å². The van der Waals surface area contributed by atoms with Crippen LogP contribution in [0.5, 0.6) is 0 Å². The Bertz CT molecular complexity index is 725. The van der Waals surface area contributed by atoms with Gasteiger partial charge in [-0.3, -0.25) is 9.69 Å². The largest absolute Gasteiger partial charge is 0.312 e. The Balaban J connectivity index is 1.66. The monoisotopic (exact) mass is 379 g/mol. The molecule has 1 amide bonds. The van der Waals surface area contributed by atoms with Crippen LogP contribution in [0.15, 0.2) is 29.2 Å². The highest BCUT2D eigenvalue weighted by molar-refractivity contribution is 7.89. The molecule has 3 rings (SSSR count). The molecule has 6 nitrogen and oxygen atoms in total. The molecule has 0 bridgehead atoms. The van der Waals surface area contributed by atoms with Gasteiger partial charge in [0.2, 0.25) is 15.9 Å². The SMILES string of the molecule is CC(C)C(CNS(=O)(=O)c1ccc(N2CCCC2=O)cc1)N1CCCC1. The molecule has 0 radical (unpaired) electrons. The first kappa shape index (κ1) is 19.3. The summed E-state index contributed by atoms with van der Waals surface area (Å²) in [4.78, 5) is 16.2. The summed E-state index contributed by atoms with van der Waals surface area (Å²) in [6.07, 6.45) is 3.79. The van der Waals surface area contributed by atoms with Gasteiger partial charge in [-0.2, -0.15) is 0 Å². The highest BCUT2D eigenvalue weighted by Crippen LogP contribution is 2.23. The van der Waals surface area contributed by atoms with Gasteiger partial charge in [-0.25, -0.2) is 13.1 Å². The van der Waals surface area contributed by atoms with E-state index in [-0.39, 0.29) is 16.8 Å². The zero-order valence-corrected chi connectivity index (χ0v) is 16.5. The lowest BCUT2D eigenvalue weighted by atomic mass is 10.0. The molecule has 2 aliphatic rings. The van der Waals surface area contributed by atoms with Gasteiger partial charge in [0.15, 0.2) is 0 Å². The maximum atomic E-state index is 12.7. The predicted octanol–water partition coefficient (Wildman–Crippen LogP) is 2.21. The molecule has 1 N–H and O–H groups in total. The molecule has 0 saturated carbocycles. The van der Waals surface area contributed by atoms with Crippen LogP contribution in [0.25, 0.3) is 0 Å². The first-order valence-corrected chi connectivity index (χ1v) is 11.0. The van der Waals surface area contributed by atoms with Crippen molar-refractivity contribution in [2.75, 3.05) is 31.1 Å². The zero-order chi connectivity index (χ0) is 18.7. The summed E-state index contributed by atoms with van der Waals surface area (Å²) in [6.45, 7) is 7.49. The molecule has 2 aliphatic heterocycles. The van der Waals surface area contributed by atoms with Crippen LogP contribution in [0, 0.1) is 5.92 Å². The number of hydrogen-bond donors (Lipinski definition) is 1. The van der Waals surface area contributed by atoms with Crippen molar-refractivity contribution in [2.24, 2.45) is 5.92 Å². The summed E-state index contributed by atoms with van der Waals surface area (Å²) in [6, 6.07) is 6.83. The summed E-state index contributed by atoms with van der Waals surface area (Å²) in [5.41, 5.74) is 0.767. The van der Waals surface area contributed by atoms with Crippen LogP contribution in [0.3, 0.4) is 0 Å². The number of anilines is 1. The maximum absolute atomic E-state index is 12.7. The van der Waals surface area contributed by atoms with Gasteiger partial charge in [0.1, 0.15) is 0 Å². The Morgan fingerprint density at radius 2 is 1.69 bits per heavy atom. The molecule has 1 aromatic carbocycles. The predicted molar refractivity (Wildman–Crippen MR) is 103 cm³/mol. The van der Waals surface area contributed by atoms with Crippen molar-refractivity contribution in [3.63, 3.8) is 0 Å². The van der Waals surface area contributed by atoms with Crippen LogP contribution in [0.2, 0.25) is 0 Å². The number of rotatable bonds is 7. The first-order valence-electron chi connectivity index (χ1n) is 9.52. The van der Waals surface area contributed by atoms with Crippen molar-refractivity contribution in [2.45, 2.75) is 50.5 Å². The molecular formula is C19H29N3O3S. The second-order valence-electron chi connectivity index (χ2n) is 7.55. The Labute approximate surface area is 156 Å². The van der Waals surface area contributed by atoms with E-state index in [4.69, 9.17) is 0 Å². The van der Waals surface area contributed by atoms with Gasteiger partial charge in [0, 0.05) is 31.2 Å². The van der Waals surface area contributed by atoms with E-state index in [0.29, 0.717) is 25.4 Å². The van der Waals surface area contributed by atoms with E-state index in [9.17, 15) is 13.2 Å². The topological polar surface area (TPSA) is 69.7 Å². The fourth-order valence-electron chi connectivity index (χ4n) is 3.86. The normalized spacial score (nSPS) is 20.3. The molecule has 1 aromatic rings. The van der Waals surface area contributed by atoms with E-state index in [1.807, 2.05) is 0 Å². The molecule has 0 spiro atoms. The van der Waals surface area contributed by atoms with E-state index in [0.717, 1.165) is 25.2 Å². The molecule has 2 fully saturated rings. The molecule has 2 heterocycles. The third-order valence-electron chi connectivity index (χ3n) is 5.39. The van der Waals surface area contributed by atoms with Crippen molar-refractivity contribution in [1.82, 2.24) is 9.62 Å². The Kier molecular flexibility index (Phi) is 5.99. The number of benzene rings is 1. The van der Waals surface area contributed by atoms with Crippen molar-refractivity contribution in [3.8, 4) is 0 Å². The molecule has 26 heavy (non-hydrogen) atoms. The van der Waals surface area contributed by atoms with Gasteiger partial charge >= 0.3 is 0 Å². The van der Waals surface area contributed by atoms with Crippen molar-refractivity contribution < 1.29 is 13.2 Å².